The Morgan fingerprint density at radius 3 is 2.68 bits per heavy atom. The Kier molecular flexibility index (Phi) is 7.34. The second-order valence-electron chi connectivity index (χ2n) is 7.45. The number of nitrogens with zero attached hydrogens (tertiary/aromatic N) is 3. The molecule has 1 saturated heterocycles. The van der Waals surface area contributed by atoms with Crippen LogP contribution in [0.3, 0.4) is 0 Å². The Morgan fingerprint density at radius 1 is 1.32 bits per heavy atom. The highest BCUT2D eigenvalue weighted by Gasteiger charge is 2.40. The minimum absolute atomic E-state index is 0. The molecule has 6 heteroatoms. The summed E-state index contributed by atoms with van der Waals surface area (Å²) in [6, 6.07) is 4.00. The van der Waals surface area contributed by atoms with Crippen LogP contribution < -0.4 is 10.1 Å². The number of guanidine groups is 1. The molecule has 1 saturated carbocycles. The predicted octanol–water partition coefficient (Wildman–Crippen LogP) is 3.83. The molecular weight excluding hydrogens is 427 g/mol. The van der Waals surface area contributed by atoms with Crippen molar-refractivity contribution in [2.24, 2.45) is 10.4 Å². The zero-order valence-corrected chi connectivity index (χ0v) is 18.0. The summed E-state index contributed by atoms with van der Waals surface area (Å²) in [7, 11) is 1.87. The maximum absolute atomic E-state index is 5.59. The lowest BCUT2D eigenvalue weighted by molar-refractivity contribution is 0.232. The molecule has 0 aromatic carbocycles. The lowest BCUT2D eigenvalue weighted by atomic mass is 9.86. The number of hydrogen-bond donors (Lipinski definition) is 1. The Labute approximate surface area is 168 Å². The zero-order valence-electron chi connectivity index (χ0n) is 15.6. The van der Waals surface area contributed by atoms with Crippen LogP contribution in [0.25, 0.3) is 0 Å². The summed E-state index contributed by atoms with van der Waals surface area (Å²) in [6.07, 6.45) is 8.92. The Hall–Kier alpha value is -1.05. The van der Waals surface area contributed by atoms with E-state index in [9.17, 15) is 0 Å². The summed E-state index contributed by atoms with van der Waals surface area (Å²) in [5.74, 6) is 1.70. The van der Waals surface area contributed by atoms with E-state index in [1.165, 1.54) is 32.1 Å². The second kappa shape index (κ2) is 9.05. The van der Waals surface area contributed by atoms with Crippen molar-refractivity contribution in [3.63, 3.8) is 0 Å². The molecular formula is C19H31IN4O. The second-order valence-corrected chi connectivity index (χ2v) is 7.45. The molecule has 0 atom stereocenters. The smallest absolute Gasteiger partial charge is 0.213 e. The highest BCUT2D eigenvalue weighted by atomic mass is 127. The maximum atomic E-state index is 5.59. The minimum atomic E-state index is 0. The number of halogens is 1. The van der Waals surface area contributed by atoms with Crippen LogP contribution in [0.1, 0.15) is 51.5 Å². The molecule has 1 N–H and O–H groups in total. The average molecular weight is 458 g/mol. The molecule has 5 nitrogen and oxygen atoms in total. The predicted molar refractivity (Wildman–Crippen MR) is 113 cm³/mol. The van der Waals surface area contributed by atoms with Crippen LogP contribution in [0.5, 0.6) is 5.88 Å². The van der Waals surface area contributed by atoms with E-state index in [0.29, 0.717) is 11.3 Å². The molecule has 2 fully saturated rings. The number of aliphatic imine (C=N–C) groups is 1. The number of hydrogen-bond acceptors (Lipinski definition) is 3. The molecule has 1 aliphatic carbocycles. The first kappa shape index (κ1) is 20.3. The largest absolute Gasteiger partial charge is 0.475 e. The molecule has 1 spiro atoms. The first-order chi connectivity index (χ1) is 11.6. The van der Waals surface area contributed by atoms with Gasteiger partial charge in [-0.25, -0.2) is 4.98 Å². The third-order valence-electron chi connectivity index (χ3n) is 5.22. The van der Waals surface area contributed by atoms with Crippen molar-refractivity contribution >= 4 is 29.9 Å². The molecule has 25 heavy (non-hydrogen) atoms. The van der Waals surface area contributed by atoms with Crippen LogP contribution in [0.2, 0.25) is 0 Å². The SMILES string of the molecule is CN=C(NCc1ccc(OC(C)C)nc1)N1CCC2(CCCC2)C1.I. The Morgan fingerprint density at radius 2 is 2.08 bits per heavy atom. The highest BCUT2D eigenvalue weighted by molar-refractivity contribution is 14.0. The van der Waals surface area contributed by atoms with E-state index in [1.807, 2.05) is 33.2 Å². The van der Waals surface area contributed by atoms with E-state index in [2.05, 4.69) is 26.3 Å². The molecule has 0 bridgehead atoms. The van der Waals surface area contributed by atoms with Gasteiger partial charge < -0.3 is 15.0 Å². The minimum Gasteiger partial charge on any atom is -0.475 e. The van der Waals surface area contributed by atoms with Crippen molar-refractivity contribution in [1.82, 2.24) is 15.2 Å². The third-order valence-corrected chi connectivity index (χ3v) is 5.22. The van der Waals surface area contributed by atoms with E-state index in [-0.39, 0.29) is 30.1 Å². The van der Waals surface area contributed by atoms with Crippen LogP contribution in [0, 0.1) is 5.41 Å². The number of nitrogens with one attached hydrogen (secondary N) is 1. The van der Waals surface area contributed by atoms with Gasteiger partial charge >= 0.3 is 0 Å². The zero-order chi connectivity index (χ0) is 17.0. The van der Waals surface area contributed by atoms with Crippen molar-refractivity contribution in [3.05, 3.63) is 23.9 Å². The van der Waals surface area contributed by atoms with E-state index < -0.39 is 0 Å². The molecule has 3 rings (SSSR count). The quantitative estimate of drug-likeness (QED) is 0.424. The van der Waals surface area contributed by atoms with Crippen molar-refractivity contribution in [2.45, 2.75) is 58.6 Å². The number of pyridine rings is 1. The lowest BCUT2D eigenvalue weighted by Crippen LogP contribution is -2.40. The van der Waals surface area contributed by atoms with Gasteiger partial charge in [0.15, 0.2) is 5.96 Å². The molecule has 1 aromatic rings. The van der Waals surface area contributed by atoms with Crippen molar-refractivity contribution in [3.8, 4) is 5.88 Å². The van der Waals surface area contributed by atoms with Gasteiger partial charge in [0, 0.05) is 38.9 Å². The molecule has 140 valence electrons. The molecule has 0 amide bonds. The summed E-state index contributed by atoms with van der Waals surface area (Å²) in [6.45, 7) is 7.04. The summed E-state index contributed by atoms with van der Waals surface area (Å²) >= 11 is 0. The van der Waals surface area contributed by atoms with E-state index in [0.717, 1.165) is 31.2 Å². The fourth-order valence-corrected chi connectivity index (χ4v) is 3.99. The standard InChI is InChI=1S/C19H30N4O.HI/c1-15(2)24-17-7-6-16(12-21-17)13-22-18(20-3)23-11-10-19(14-23)8-4-5-9-19;/h6-7,12,15H,4-5,8-11,13-14H2,1-3H3,(H,20,22);1H. The van der Waals surface area contributed by atoms with Gasteiger partial charge in [0.1, 0.15) is 0 Å². The summed E-state index contributed by atoms with van der Waals surface area (Å²) in [4.78, 5) is 11.3. The lowest BCUT2D eigenvalue weighted by Gasteiger charge is -2.26. The molecule has 2 heterocycles. The van der Waals surface area contributed by atoms with Crippen molar-refractivity contribution < 1.29 is 4.74 Å². The van der Waals surface area contributed by atoms with Crippen LogP contribution in [-0.4, -0.2) is 42.1 Å². The Balaban J connectivity index is 0.00000225. The molecule has 0 unspecified atom stereocenters. The maximum Gasteiger partial charge on any atom is 0.213 e. The van der Waals surface area contributed by atoms with E-state index in [1.54, 1.807) is 0 Å². The third kappa shape index (κ3) is 5.21. The van der Waals surface area contributed by atoms with E-state index in [4.69, 9.17) is 4.74 Å². The fraction of sp³-hybridized carbons (Fsp3) is 0.684. The number of likely N-dealkylation sites (tertiary alicyclic amines) is 1. The highest BCUT2D eigenvalue weighted by Crippen LogP contribution is 2.45. The van der Waals surface area contributed by atoms with Gasteiger partial charge in [-0.05, 0) is 44.1 Å². The van der Waals surface area contributed by atoms with E-state index >= 15 is 0 Å². The van der Waals surface area contributed by atoms with Crippen LogP contribution >= 0.6 is 24.0 Å². The van der Waals surface area contributed by atoms with Crippen molar-refractivity contribution in [2.75, 3.05) is 20.1 Å². The van der Waals surface area contributed by atoms with Gasteiger partial charge in [-0.3, -0.25) is 4.99 Å². The summed E-state index contributed by atoms with van der Waals surface area (Å²) < 4.78 is 5.59. The van der Waals surface area contributed by atoms with Gasteiger partial charge in [0.2, 0.25) is 5.88 Å². The first-order valence-corrected chi connectivity index (χ1v) is 9.17. The molecule has 0 radical (unpaired) electrons. The Bertz CT molecular complexity index is 567. The molecule has 2 aliphatic rings. The summed E-state index contributed by atoms with van der Waals surface area (Å²) in [5.41, 5.74) is 1.71. The number of aromatic nitrogens is 1. The molecule has 1 aliphatic heterocycles. The van der Waals surface area contributed by atoms with Gasteiger partial charge in [-0.1, -0.05) is 18.9 Å². The van der Waals surface area contributed by atoms with Gasteiger partial charge in [-0.15, -0.1) is 24.0 Å². The van der Waals surface area contributed by atoms with Crippen LogP contribution in [-0.2, 0) is 6.54 Å². The summed E-state index contributed by atoms with van der Waals surface area (Å²) in [5, 5.41) is 3.49. The van der Waals surface area contributed by atoms with Crippen molar-refractivity contribution in [1.29, 1.82) is 0 Å². The topological polar surface area (TPSA) is 49.8 Å². The monoisotopic (exact) mass is 458 g/mol. The van der Waals surface area contributed by atoms with Crippen LogP contribution in [0.4, 0.5) is 0 Å². The normalized spacial score (nSPS) is 19.4. The average Bonchev–Trinajstić information content (AvgIpc) is 3.20. The van der Waals surface area contributed by atoms with Crippen LogP contribution in [0.15, 0.2) is 23.3 Å². The molecule has 1 aromatic heterocycles. The van der Waals surface area contributed by atoms with Gasteiger partial charge in [-0.2, -0.15) is 0 Å². The number of ether oxygens (including phenoxy) is 1. The fourth-order valence-electron chi connectivity index (χ4n) is 3.99. The number of rotatable bonds is 4. The van der Waals surface area contributed by atoms with Gasteiger partial charge in [0.25, 0.3) is 0 Å². The first-order valence-electron chi connectivity index (χ1n) is 9.17. The van der Waals surface area contributed by atoms with Gasteiger partial charge in [0.05, 0.1) is 6.10 Å².